The van der Waals surface area contributed by atoms with Crippen molar-refractivity contribution in [2.75, 3.05) is 23.8 Å². The minimum Gasteiger partial charge on any atom is -0.492 e. The van der Waals surface area contributed by atoms with Gasteiger partial charge in [-0.25, -0.2) is 4.98 Å². The van der Waals surface area contributed by atoms with Gasteiger partial charge in [0.25, 0.3) is 5.69 Å². The molecule has 0 spiro atoms. The standard InChI is InChI=1S/C15H16N4O4/c1-11(20)18-12-3-2-4-14(9-12)23-8-7-16-15-6-5-13(10-17-15)19(21)22/h2-6,9-10H,7-8H2,1H3,(H,16,17)(H,18,20). The van der Waals surface area contributed by atoms with Gasteiger partial charge in [0, 0.05) is 24.7 Å². The number of nitrogens with one attached hydrogen (secondary N) is 2. The van der Waals surface area contributed by atoms with Gasteiger partial charge in [0.05, 0.1) is 11.5 Å². The van der Waals surface area contributed by atoms with Crippen molar-refractivity contribution in [2.24, 2.45) is 0 Å². The molecule has 0 radical (unpaired) electrons. The first kappa shape index (κ1) is 16.2. The fraction of sp³-hybridized carbons (Fsp3) is 0.200. The molecule has 2 N–H and O–H groups in total. The van der Waals surface area contributed by atoms with Gasteiger partial charge in [0.2, 0.25) is 5.91 Å². The number of pyridine rings is 1. The Morgan fingerprint density at radius 2 is 2.17 bits per heavy atom. The molecule has 0 bridgehead atoms. The number of nitrogens with zero attached hydrogens (tertiary/aromatic N) is 2. The van der Waals surface area contributed by atoms with Gasteiger partial charge in [-0.1, -0.05) is 6.07 Å². The number of anilines is 2. The first-order valence-electron chi connectivity index (χ1n) is 6.89. The lowest BCUT2D eigenvalue weighted by atomic mass is 10.3. The highest BCUT2D eigenvalue weighted by Crippen LogP contribution is 2.17. The second-order valence-corrected chi connectivity index (χ2v) is 4.64. The number of amides is 1. The first-order valence-corrected chi connectivity index (χ1v) is 6.89. The molecule has 0 aliphatic rings. The zero-order chi connectivity index (χ0) is 16.7. The van der Waals surface area contributed by atoms with Crippen LogP contribution in [0.1, 0.15) is 6.92 Å². The van der Waals surface area contributed by atoms with E-state index in [1.807, 2.05) is 0 Å². The van der Waals surface area contributed by atoms with Crippen LogP contribution in [-0.4, -0.2) is 29.0 Å². The van der Waals surface area contributed by atoms with Crippen molar-refractivity contribution in [3.05, 3.63) is 52.7 Å². The van der Waals surface area contributed by atoms with E-state index in [1.165, 1.54) is 25.3 Å². The molecule has 0 aliphatic carbocycles. The number of hydrogen-bond donors (Lipinski definition) is 2. The van der Waals surface area contributed by atoms with Crippen molar-refractivity contribution >= 4 is 23.1 Å². The number of hydrogen-bond acceptors (Lipinski definition) is 6. The first-order chi connectivity index (χ1) is 11.0. The average molecular weight is 316 g/mol. The van der Waals surface area contributed by atoms with Crippen LogP contribution in [0.4, 0.5) is 17.2 Å². The summed E-state index contributed by atoms with van der Waals surface area (Å²) in [4.78, 5) is 25.0. The fourth-order valence-electron chi connectivity index (χ4n) is 1.81. The Bertz CT molecular complexity index is 688. The highest BCUT2D eigenvalue weighted by atomic mass is 16.6. The lowest BCUT2D eigenvalue weighted by Crippen LogP contribution is -2.12. The molecule has 0 atom stereocenters. The summed E-state index contributed by atoms with van der Waals surface area (Å²) in [6.45, 7) is 2.30. The largest absolute Gasteiger partial charge is 0.492 e. The van der Waals surface area contributed by atoms with Crippen LogP contribution in [0.3, 0.4) is 0 Å². The van der Waals surface area contributed by atoms with E-state index in [1.54, 1.807) is 24.3 Å². The zero-order valence-electron chi connectivity index (χ0n) is 12.5. The SMILES string of the molecule is CC(=O)Nc1cccc(OCCNc2ccc([N+](=O)[O-])cn2)c1. The van der Waals surface area contributed by atoms with Gasteiger partial charge < -0.3 is 15.4 Å². The van der Waals surface area contributed by atoms with E-state index in [2.05, 4.69) is 15.6 Å². The summed E-state index contributed by atoms with van der Waals surface area (Å²) in [6.07, 6.45) is 1.19. The minimum absolute atomic E-state index is 0.0541. The minimum atomic E-state index is -0.498. The van der Waals surface area contributed by atoms with E-state index in [0.29, 0.717) is 30.4 Å². The number of nitro groups is 1. The number of benzene rings is 1. The van der Waals surface area contributed by atoms with Crippen LogP contribution >= 0.6 is 0 Å². The maximum atomic E-state index is 11.0. The Kier molecular flexibility index (Phi) is 5.45. The second kappa shape index (κ2) is 7.74. The molecule has 0 saturated heterocycles. The molecule has 0 unspecified atom stereocenters. The van der Waals surface area contributed by atoms with Crippen LogP contribution in [0.2, 0.25) is 0 Å². The number of carbonyl (C=O) groups is 1. The highest BCUT2D eigenvalue weighted by Gasteiger charge is 2.04. The molecule has 0 saturated carbocycles. The summed E-state index contributed by atoms with van der Waals surface area (Å²) >= 11 is 0. The van der Waals surface area contributed by atoms with Gasteiger partial charge in [-0.05, 0) is 18.2 Å². The van der Waals surface area contributed by atoms with Gasteiger partial charge in [-0.15, -0.1) is 0 Å². The van der Waals surface area contributed by atoms with Gasteiger partial charge in [0.1, 0.15) is 24.4 Å². The summed E-state index contributed by atoms with van der Waals surface area (Å²) in [5, 5.41) is 16.2. The van der Waals surface area contributed by atoms with E-state index in [-0.39, 0.29) is 11.6 Å². The van der Waals surface area contributed by atoms with Crippen molar-refractivity contribution in [1.82, 2.24) is 4.98 Å². The van der Waals surface area contributed by atoms with Crippen molar-refractivity contribution < 1.29 is 14.5 Å². The molecule has 1 aromatic heterocycles. The van der Waals surface area contributed by atoms with Crippen LogP contribution < -0.4 is 15.4 Å². The molecule has 120 valence electrons. The maximum absolute atomic E-state index is 11.0. The van der Waals surface area contributed by atoms with E-state index < -0.39 is 4.92 Å². The summed E-state index contributed by atoms with van der Waals surface area (Å²) in [5.41, 5.74) is 0.613. The van der Waals surface area contributed by atoms with Crippen LogP contribution in [0.15, 0.2) is 42.6 Å². The van der Waals surface area contributed by atoms with E-state index in [9.17, 15) is 14.9 Å². The molecular formula is C15H16N4O4. The summed E-state index contributed by atoms with van der Waals surface area (Å²) < 4.78 is 5.56. The van der Waals surface area contributed by atoms with Crippen molar-refractivity contribution in [3.63, 3.8) is 0 Å². The number of carbonyl (C=O) groups excluding carboxylic acids is 1. The van der Waals surface area contributed by atoms with Gasteiger partial charge in [-0.2, -0.15) is 0 Å². The van der Waals surface area contributed by atoms with Crippen LogP contribution in [-0.2, 0) is 4.79 Å². The zero-order valence-corrected chi connectivity index (χ0v) is 12.5. The summed E-state index contributed by atoms with van der Waals surface area (Å²) in [5.74, 6) is 1.02. The molecule has 8 heteroatoms. The normalized spacial score (nSPS) is 9.96. The Labute approximate surface area is 132 Å². The quantitative estimate of drug-likeness (QED) is 0.461. The number of aromatic nitrogens is 1. The Hall–Kier alpha value is -3.16. The molecule has 1 heterocycles. The Morgan fingerprint density at radius 3 is 2.83 bits per heavy atom. The third-order valence-electron chi connectivity index (χ3n) is 2.79. The monoisotopic (exact) mass is 316 g/mol. The molecule has 8 nitrogen and oxygen atoms in total. The van der Waals surface area contributed by atoms with Crippen LogP contribution in [0.25, 0.3) is 0 Å². The summed E-state index contributed by atoms with van der Waals surface area (Å²) in [6, 6.07) is 9.99. The van der Waals surface area contributed by atoms with Gasteiger partial charge in [0.15, 0.2) is 0 Å². The van der Waals surface area contributed by atoms with Crippen molar-refractivity contribution in [3.8, 4) is 5.75 Å². The Balaban J connectivity index is 1.79. The fourth-order valence-corrected chi connectivity index (χ4v) is 1.81. The van der Waals surface area contributed by atoms with Gasteiger partial charge in [-0.3, -0.25) is 14.9 Å². The molecule has 1 aromatic carbocycles. The van der Waals surface area contributed by atoms with Crippen LogP contribution in [0, 0.1) is 10.1 Å². The predicted octanol–water partition coefficient (Wildman–Crippen LogP) is 2.44. The molecule has 1 amide bonds. The highest BCUT2D eigenvalue weighted by molar-refractivity contribution is 5.88. The lowest BCUT2D eigenvalue weighted by molar-refractivity contribution is -0.385. The van der Waals surface area contributed by atoms with Crippen LogP contribution in [0.5, 0.6) is 5.75 Å². The Morgan fingerprint density at radius 1 is 1.35 bits per heavy atom. The smallest absolute Gasteiger partial charge is 0.287 e. The summed E-state index contributed by atoms with van der Waals surface area (Å²) in [7, 11) is 0. The third kappa shape index (κ3) is 5.27. The van der Waals surface area contributed by atoms with E-state index >= 15 is 0 Å². The molecule has 0 aliphatic heterocycles. The van der Waals surface area contributed by atoms with Crippen molar-refractivity contribution in [1.29, 1.82) is 0 Å². The topological polar surface area (TPSA) is 106 Å². The molecule has 2 aromatic rings. The molecular weight excluding hydrogens is 300 g/mol. The molecule has 0 fully saturated rings. The lowest BCUT2D eigenvalue weighted by Gasteiger charge is -2.09. The number of ether oxygens (including phenoxy) is 1. The third-order valence-corrected chi connectivity index (χ3v) is 2.79. The van der Waals surface area contributed by atoms with E-state index in [4.69, 9.17) is 4.74 Å². The molecule has 23 heavy (non-hydrogen) atoms. The number of rotatable bonds is 7. The second-order valence-electron chi connectivity index (χ2n) is 4.64. The average Bonchev–Trinajstić information content (AvgIpc) is 2.52. The maximum Gasteiger partial charge on any atom is 0.287 e. The van der Waals surface area contributed by atoms with Gasteiger partial charge >= 0.3 is 0 Å². The van der Waals surface area contributed by atoms with E-state index in [0.717, 1.165) is 0 Å². The predicted molar refractivity (Wildman–Crippen MR) is 85.6 cm³/mol. The molecule has 2 rings (SSSR count). The van der Waals surface area contributed by atoms with Crippen molar-refractivity contribution in [2.45, 2.75) is 6.92 Å².